The van der Waals surface area contributed by atoms with E-state index < -0.39 is 34.6 Å². The van der Waals surface area contributed by atoms with Crippen LogP contribution in [-0.4, -0.2) is 101 Å². The Morgan fingerprint density at radius 3 is 2.80 bits per heavy atom. The van der Waals surface area contributed by atoms with Gasteiger partial charge in [0.2, 0.25) is 5.91 Å². The number of benzene rings is 1. The fourth-order valence-corrected chi connectivity index (χ4v) is 13.3. The Kier molecular flexibility index (Phi) is 10.4. The van der Waals surface area contributed by atoms with E-state index in [1.165, 1.54) is 6.07 Å². The summed E-state index contributed by atoms with van der Waals surface area (Å²) in [5.41, 5.74) is 7.06. The standard InChI is InChI=1S/C41H48N4O9S2/c1-4-21(7-8-46)39(51)54-40(2)27(19-48)10-26-20-55-56-32-11-25(18-47)37(43-3)29-17-45(38(29)32)34(49)12-24-16-44-33(42)13-28(24)36(26)41(40)15-23-9-22-5-6-35(50)52-30(22)14-31(23)53-41/h4-6,9-10,13-14,18,25,27,29,32,36-38,43-44,46,48H,7-8,11-12,15-17,19-20,42H2,1-3H3/b21-4+/t25-,27-,29+,32-,36+,37+,38+,40-,41-/m1/s1. The molecule has 2 aliphatic carbocycles. The van der Waals surface area contributed by atoms with Gasteiger partial charge in [0, 0.05) is 90.4 Å². The Labute approximate surface area is 332 Å². The second-order valence-corrected chi connectivity index (χ2v) is 18.4. The molecule has 6 aliphatic rings. The van der Waals surface area contributed by atoms with Gasteiger partial charge < -0.3 is 50.2 Å². The summed E-state index contributed by atoms with van der Waals surface area (Å²) in [5.74, 6) is -0.683. The number of nitrogens with zero attached hydrogens (tertiary/aromatic N) is 1. The summed E-state index contributed by atoms with van der Waals surface area (Å²) in [4.78, 5) is 55.2. The molecule has 1 saturated carbocycles. The number of carbonyl (C=O) groups excluding carboxylic acids is 3. The van der Waals surface area contributed by atoms with Gasteiger partial charge in [-0.2, -0.15) is 0 Å². The van der Waals surface area contributed by atoms with Gasteiger partial charge in [-0.15, -0.1) is 0 Å². The molecular formula is C41H48N4O9S2. The van der Waals surface area contributed by atoms with Gasteiger partial charge in [-0.05, 0) is 62.2 Å². The minimum absolute atomic E-state index is 0.00701. The number of dihydropyridines is 1. The first-order valence-electron chi connectivity index (χ1n) is 19.2. The molecule has 8 rings (SSSR count). The van der Waals surface area contributed by atoms with Crippen molar-refractivity contribution in [1.82, 2.24) is 15.5 Å². The average Bonchev–Trinajstić information content (AvgIpc) is 3.53. The fraction of sp³-hybridized carbons (Fsp3) is 0.512. The van der Waals surface area contributed by atoms with Crippen LogP contribution in [0.3, 0.4) is 0 Å². The predicted octanol–water partition coefficient (Wildman–Crippen LogP) is 2.75. The summed E-state index contributed by atoms with van der Waals surface area (Å²) in [6.45, 7) is 3.73. The van der Waals surface area contributed by atoms with Crippen molar-refractivity contribution < 1.29 is 38.5 Å². The van der Waals surface area contributed by atoms with Crippen LogP contribution in [0.4, 0.5) is 0 Å². The number of allylic oxidation sites excluding steroid dienone is 2. The number of carbonyl (C=O) groups is 3. The molecule has 0 unspecified atom stereocenters. The monoisotopic (exact) mass is 804 g/mol. The summed E-state index contributed by atoms with van der Waals surface area (Å²) >= 11 is 0. The molecule has 1 amide bonds. The molecule has 9 atom stereocenters. The molecule has 1 aromatic carbocycles. The lowest BCUT2D eigenvalue weighted by Gasteiger charge is -2.59. The topological polar surface area (TPSA) is 194 Å². The number of rotatable bonds is 7. The van der Waals surface area contributed by atoms with Crippen LogP contribution in [0.1, 0.15) is 38.7 Å². The Bertz CT molecular complexity index is 2150. The summed E-state index contributed by atoms with van der Waals surface area (Å²) in [6.07, 6.45) is 7.58. The molecule has 4 aliphatic heterocycles. The van der Waals surface area contributed by atoms with Crippen molar-refractivity contribution in [2.75, 3.05) is 39.1 Å². The summed E-state index contributed by atoms with van der Waals surface area (Å²) in [7, 11) is 5.22. The van der Waals surface area contributed by atoms with Crippen molar-refractivity contribution in [1.29, 1.82) is 0 Å². The SMILES string of the molecule is C/C=C(\CCO)C(=O)O[C@]1(C)[C@@H](CO)C=C2CSS[C@@H]3C[C@H](C=O)[C@H](NC)[C@@H]4CN(C(=O)CC5=C(C=C(N)NC5)[C@H]2[C@]12Cc1cc5ccc(=O)oc5cc1O2)[C@@H]43. The number of hydrogen-bond acceptors (Lipinski definition) is 14. The van der Waals surface area contributed by atoms with E-state index in [-0.39, 0.29) is 73.1 Å². The molecule has 1 spiro atoms. The van der Waals surface area contributed by atoms with Crippen LogP contribution in [0.25, 0.3) is 11.0 Å². The molecule has 2 aromatic rings. The van der Waals surface area contributed by atoms with Gasteiger partial charge in [-0.3, -0.25) is 4.79 Å². The zero-order valence-corrected chi connectivity index (χ0v) is 33.3. The van der Waals surface area contributed by atoms with Crippen LogP contribution in [-0.2, 0) is 25.5 Å². The molecule has 1 saturated heterocycles. The number of nitrogens with two attached hydrogens (primary N) is 1. The number of aldehydes is 1. The van der Waals surface area contributed by atoms with Crippen LogP contribution >= 0.6 is 21.6 Å². The van der Waals surface area contributed by atoms with Gasteiger partial charge >= 0.3 is 11.6 Å². The number of aliphatic hydroxyl groups excluding tert-OH is 2. The predicted molar refractivity (Wildman–Crippen MR) is 213 cm³/mol. The number of esters is 1. The maximum atomic E-state index is 14.5. The minimum Gasteiger partial charge on any atom is -0.481 e. The van der Waals surface area contributed by atoms with Gasteiger partial charge in [0.1, 0.15) is 17.6 Å². The molecule has 298 valence electrons. The number of nitrogens with one attached hydrogen (secondary N) is 2. The fourth-order valence-electron chi connectivity index (χ4n) is 10.2. The van der Waals surface area contributed by atoms with E-state index in [1.54, 1.807) is 53.6 Å². The molecule has 5 heterocycles. The molecular weight excluding hydrogens is 757 g/mol. The van der Waals surface area contributed by atoms with Crippen molar-refractivity contribution in [3.63, 3.8) is 0 Å². The van der Waals surface area contributed by atoms with Crippen LogP contribution in [0.5, 0.6) is 5.75 Å². The van der Waals surface area contributed by atoms with E-state index >= 15 is 0 Å². The van der Waals surface area contributed by atoms with E-state index in [4.69, 9.17) is 19.6 Å². The van der Waals surface area contributed by atoms with Gasteiger partial charge in [-0.25, -0.2) is 9.59 Å². The van der Waals surface area contributed by atoms with Crippen molar-refractivity contribution >= 4 is 50.7 Å². The van der Waals surface area contributed by atoms with Crippen molar-refractivity contribution in [3.05, 3.63) is 86.6 Å². The first-order chi connectivity index (χ1) is 27.0. The van der Waals surface area contributed by atoms with E-state index in [1.807, 2.05) is 30.2 Å². The highest BCUT2D eigenvalue weighted by Gasteiger charge is 2.67. The van der Waals surface area contributed by atoms with Gasteiger partial charge in [0.25, 0.3) is 0 Å². The first kappa shape index (κ1) is 38.8. The Morgan fingerprint density at radius 1 is 1.25 bits per heavy atom. The Morgan fingerprint density at radius 2 is 2.07 bits per heavy atom. The number of ether oxygens (including phenoxy) is 2. The lowest BCUT2D eigenvalue weighted by Crippen LogP contribution is -2.71. The molecule has 56 heavy (non-hydrogen) atoms. The van der Waals surface area contributed by atoms with Gasteiger partial charge in [0.05, 0.1) is 30.8 Å². The molecule has 13 nitrogen and oxygen atoms in total. The third kappa shape index (κ3) is 6.21. The molecule has 6 N–H and O–H groups in total. The van der Waals surface area contributed by atoms with Gasteiger partial charge in [0.15, 0.2) is 11.2 Å². The minimum atomic E-state index is -1.52. The van der Waals surface area contributed by atoms with Crippen LogP contribution in [0, 0.1) is 23.7 Å². The van der Waals surface area contributed by atoms with Gasteiger partial charge in [-0.1, -0.05) is 39.3 Å². The van der Waals surface area contributed by atoms with E-state index in [0.717, 1.165) is 28.6 Å². The van der Waals surface area contributed by atoms with Crippen LogP contribution in [0.15, 0.2) is 79.8 Å². The molecule has 0 radical (unpaired) electrons. The normalized spacial score (nSPS) is 33.9. The molecule has 0 bridgehead atoms. The zero-order chi connectivity index (χ0) is 39.5. The number of fused-ring (bicyclic) bond motifs is 5. The third-order valence-corrected chi connectivity index (χ3v) is 15.8. The van der Waals surface area contributed by atoms with E-state index in [9.17, 15) is 29.4 Å². The highest BCUT2D eigenvalue weighted by molar-refractivity contribution is 8.77. The Hall–Kier alpha value is -4.02. The third-order valence-electron chi connectivity index (χ3n) is 13.0. The highest BCUT2D eigenvalue weighted by Crippen LogP contribution is 2.59. The van der Waals surface area contributed by atoms with E-state index in [0.29, 0.717) is 47.8 Å². The highest BCUT2D eigenvalue weighted by atomic mass is 33.1. The summed E-state index contributed by atoms with van der Waals surface area (Å²) in [6, 6.07) is 6.63. The lowest BCUT2D eigenvalue weighted by molar-refractivity contribution is -0.202. The number of aliphatic hydroxyl groups is 2. The Balaban J connectivity index is 1.31. The molecule has 1 aromatic heterocycles. The molecule has 15 heteroatoms. The summed E-state index contributed by atoms with van der Waals surface area (Å²) < 4.78 is 19.4. The molecule has 2 fully saturated rings. The number of amides is 1. The smallest absolute Gasteiger partial charge is 0.336 e. The van der Waals surface area contributed by atoms with E-state index in [2.05, 4.69) is 10.6 Å². The maximum Gasteiger partial charge on any atom is 0.336 e. The summed E-state index contributed by atoms with van der Waals surface area (Å²) in [5, 5.41) is 28.4. The van der Waals surface area contributed by atoms with Crippen molar-refractivity contribution in [2.24, 2.45) is 29.4 Å². The second-order valence-electron chi connectivity index (χ2n) is 15.8. The lowest BCUT2D eigenvalue weighted by atomic mass is 9.57. The maximum absolute atomic E-state index is 14.5. The largest absolute Gasteiger partial charge is 0.481 e. The quantitative estimate of drug-likeness (QED) is 0.0685. The zero-order valence-electron chi connectivity index (χ0n) is 31.6. The van der Waals surface area contributed by atoms with Crippen molar-refractivity contribution in [3.8, 4) is 5.75 Å². The second kappa shape index (κ2) is 15.1. The number of hydrogen-bond donors (Lipinski definition) is 5. The first-order valence-corrected chi connectivity index (χ1v) is 21.6. The van der Waals surface area contributed by atoms with Crippen LogP contribution in [0.2, 0.25) is 0 Å². The average molecular weight is 805 g/mol. The van der Waals surface area contributed by atoms with Crippen LogP contribution < -0.4 is 26.7 Å². The van der Waals surface area contributed by atoms with Crippen molar-refractivity contribution in [2.45, 2.75) is 68.1 Å².